The zero-order valence-electron chi connectivity index (χ0n) is 20.5. The molecule has 0 saturated heterocycles. The molecule has 36 heavy (non-hydrogen) atoms. The van der Waals surface area contributed by atoms with E-state index in [9.17, 15) is 17.6 Å². The summed E-state index contributed by atoms with van der Waals surface area (Å²) >= 11 is 0. The number of methoxy groups -OCH3 is 1. The normalized spacial score (nSPS) is 14.3. The lowest BCUT2D eigenvalue weighted by Gasteiger charge is -2.26. The zero-order chi connectivity index (χ0) is 25.5. The number of aromatic nitrogens is 2. The van der Waals surface area contributed by atoms with Crippen LogP contribution in [0.25, 0.3) is 0 Å². The molecule has 1 fully saturated rings. The van der Waals surface area contributed by atoms with Crippen LogP contribution in [0.15, 0.2) is 66.0 Å². The topological polar surface area (TPSA) is 81.5 Å². The number of hydrogen-bond donors (Lipinski definition) is 0. The molecule has 1 heterocycles. The second-order valence-electron chi connectivity index (χ2n) is 9.22. The van der Waals surface area contributed by atoms with Crippen LogP contribution in [0.3, 0.4) is 0 Å². The minimum absolute atomic E-state index is 0.00553. The third kappa shape index (κ3) is 6.39. The summed E-state index contributed by atoms with van der Waals surface area (Å²) in [4.78, 5) is 19.4. The Balaban J connectivity index is 1.67. The molecule has 1 saturated carbocycles. The first kappa shape index (κ1) is 26.0. The summed E-state index contributed by atoms with van der Waals surface area (Å²) in [5.41, 5.74) is 2.03. The van der Waals surface area contributed by atoms with Crippen LogP contribution >= 0.6 is 0 Å². The maximum atomic E-state index is 13.4. The standard InChI is InChI=1S/C27H32FN3O4S/c1-35-16-15-30(26(32)23-9-5-6-10-23)19-25-17-29-27(31(25)18-21-7-3-2-4-8-21)36(33,34)20-22-11-13-24(28)14-12-22/h2-4,7-8,11-14,17,23H,5-6,9-10,15-16,18-20H2,1H3. The number of carbonyl (C=O) groups is 1. The highest BCUT2D eigenvalue weighted by Crippen LogP contribution is 2.28. The minimum atomic E-state index is -3.84. The number of nitrogens with zero attached hydrogens (tertiary/aromatic N) is 3. The summed E-state index contributed by atoms with van der Waals surface area (Å²) < 4.78 is 47.1. The number of ether oxygens (including phenoxy) is 1. The van der Waals surface area contributed by atoms with Crippen molar-refractivity contribution in [3.8, 4) is 0 Å². The molecule has 0 radical (unpaired) electrons. The van der Waals surface area contributed by atoms with E-state index in [-0.39, 0.29) is 29.3 Å². The second kappa shape index (κ2) is 11.8. The third-order valence-electron chi connectivity index (χ3n) is 6.57. The smallest absolute Gasteiger partial charge is 0.228 e. The molecule has 7 nitrogen and oxygen atoms in total. The van der Waals surface area contributed by atoms with Crippen LogP contribution < -0.4 is 0 Å². The number of halogens is 1. The van der Waals surface area contributed by atoms with Gasteiger partial charge in [-0.05, 0) is 36.1 Å². The summed E-state index contributed by atoms with van der Waals surface area (Å²) in [5.74, 6) is -0.652. The highest BCUT2D eigenvalue weighted by molar-refractivity contribution is 7.90. The fourth-order valence-electron chi connectivity index (χ4n) is 4.66. The van der Waals surface area contributed by atoms with Gasteiger partial charge in [-0.25, -0.2) is 17.8 Å². The number of imidazole rings is 1. The van der Waals surface area contributed by atoms with E-state index in [1.165, 1.54) is 24.3 Å². The van der Waals surface area contributed by atoms with Crippen molar-refractivity contribution in [2.24, 2.45) is 5.92 Å². The monoisotopic (exact) mass is 513 g/mol. The molecular formula is C27H32FN3O4S. The van der Waals surface area contributed by atoms with Gasteiger partial charge < -0.3 is 14.2 Å². The first-order chi connectivity index (χ1) is 17.4. The van der Waals surface area contributed by atoms with E-state index < -0.39 is 15.7 Å². The van der Waals surface area contributed by atoms with Crippen molar-refractivity contribution in [3.05, 3.63) is 83.4 Å². The van der Waals surface area contributed by atoms with E-state index in [1.54, 1.807) is 22.8 Å². The van der Waals surface area contributed by atoms with Crippen LogP contribution in [0.2, 0.25) is 0 Å². The summed E-state index contributed by atoms with van der Waals surface area (Å²) in [7, 11) is -2.25. The Morgan fingerprint density at radius 3 is 2.44 bits per heavy atom. The van der Waals surface area contributed by atoms with Crippen LogP contribution in [0.4, 0.5) is 4.39 Å². The molecule has 1 aliphatic rings. The summed E-state index contributed by atoms with van der Waals surface area (Å²) in [6, 6.07) is 15.0. The highest BCUT2D eigenvalue weighted by atomic mass is 32.2. The largest absolute Gasteiger partial charge is 0.383 e. The van der Waals surface area contributed by atoms with E-state index in [1.807, 2.05) is 30.3 Å². The molecule has 0 unspecified atom stereocenters. The van der Waals surface area contributed by atoms with Crippen LogP contribution in [-0.4, -0.2) is 49.0 Å². The van der Waals surface area contributed by atoms with Crippen molar-refractivity contribution in [1.29, 1.82) is 0 Å². The van der Waals surface area contributed by atoms with Gasteiger partial charge in [0.2, 0.25) is 20.9 Å². The minimum Gasteiger partial charge on any atom is -0.383 e. The third-order valence-corrected chi connectivity index (χ3v) is 8.16. The van der Waals surface area contributed by atoms with E-state index in [4.69, 9.17) is 4.74 Å². The average molecular weight is 514 g/mol. The van der Waals surface area contributed by atoms with Gasteiger partial charge in [0, 0.05) is 19.6 Å². The lowest BCUT2D eigenvalue weighted by molar-refractivity contribution is -0.136. The van der Waals surface area contributed by atoms with Gasteiger partial charge in [-0.1, -0.05) is 55.3 Å². The lowest BCUT2D eigenvalue weighted by Crippen LogP contribution is -2.37. The van der Waals surface area contributed by atoms with Gasteiger partial charge in [0.25, 0.3) is 0 Å². The molecule has 2 aromatic carbocycles. The highest BCUT2D eigenvalue weighted by Gasteiger charge is 2.30. The van der Waals surface area contributed by atoms with Crippen molar-refractivity contribution in [2.45, 2.75) is 49.7 Å². The Hall–Kier alpha value is -3.04. The zero-order valence-corrected chi connectivity index (χ0v) is 21.3. The molecule has 0 spiro atoms. The molecule has 0 aliphatic heterocycles. The van der Waals surface area contributed by atoms with Crippen LogP contribution in [0, 0.1) is 11.7 Å². The predicted octanol–water partition coefficient (Wildman–Crippen LogP) is 4.21. The Bertz CT molecular complexity index is 1250. The SMILES string of the molecule is COCCN(Cc1cnc(S(=O)(=O)Cc2ccc(F)cc2)n1Cc1ccccc1)C(=O)C1CCCC1. The van der Waals surface area contributed by atoms with Gasteiger partial charge in [0.1, 0.15) is 5.82 Å². The van der Waals surface area contributed by atoms with Gasteiger partial charge in [-0.3, -0.25) is 4.79 Å². The van der Waals surface area contributed by atoms with Gasteiger partial charge >= 0.3 is 0 Å². The Kier molecular flexibility index (Phi) is 8.53. The number of carbonyl (C=O) groups excluding carboxylic acids is 1. The fourth-order valence-corrected chi connectivity index (χ4v) is 6.15. The van der Waals surface area contributed by atoms with Crippen molar-refractivity contribution in [3.63, 3.8) is 0 Å². The summed E-state index contributed by atoms with van der Waals surface area (Å²) in [6.45, 7) is 1.34. The van der Waals surface area contributed by atoms with Gasteiger partial charge in [0.15, 0.2) is 0 Å². The average Bonchev–Trinajstić information content (AvgIpc) is 3.54. The van der Waals surface area contributed by atoms with Crippen molar-refractivity contribution >= 4 is 15.7 Å². The molecule has 0 atom stereocenters. The Labute approximate surface area is 211 Å². The van der Waals surface area contributed by atoms with E-state index in [0.717, 1.165) is 31.2 Å². The van der Waals surface area contributed by atoms with Gasteiger partial charge in [0.05, 0.1) is 37.3 Å². The van der Waals surface area contributed by atoms with Crippen molar-refractivity contribution in [1.82, 2.24) is 14.5 Å². The van der Waals surface area contributed by atoms with Crippen molar-refractivity contribution in [2.75, 3.05) is 20.3 Å². The summed E-state index contributed by atoms with van der Waals surface area (Å²) in [6.07, 6.45) is 5.40. The first-order valence-electron chi connectivity index (χ1n) is 12.2. The molecule has 4 rings (SSSR count). The summed E-state index contributed by atoms with van der Waals surface area (Å²) in [5, 5.41) is -0.0642. The molecule has 9 heteroatoms. The molecule has 3 aromatic rings. The number of sulfone groups is 1. The van der Waals surface area contributed by atoms with Crippen LogP contribution in [-0.2, 0) is 38.2 Å². The molecule has 1 amide bonds. The van der Waals surface area contributed by atoms with Crippen LogP contribution in [0.1, 0.15) is 42.5 Å². The van der Waals surface area contributed by atoms with Gasteiger partial charge in [-0.15, -0.1) is 0 Å². The number of hydrogen-bond acceptors (Lipinski definition) is 5. The molecule has 0 N–H and O–H groups in total. The molecule has 1 aromatic heterocycles. The maximum Gasteiger partial charge on any atom is 0.228 e. The fraction of sp³-hybridized carbons (Fsp3) is 0.407. The van der Waals surface area contributed by atoms with Gasteiger partial charge in [-0.2, -0.15) is 0 Å². The predicted molar refractivity (Wildman–Crippen MR) is 134 cm³/mol. The Morgan fingerprint density at radius 1 is 1.08 bits per heavy atom. The quantitative estimate of drug-likeness (QED) is 0.384. The van der Waals surface area contributed by atoms with Crippen molar-refractivity contribution < 1.29 is 22.3 Å². The molecule has 0 bridgehead atoms. The second-order valence-corrected chi connectivity index (χ2v) is 11.1. The molecule has 1 aliphatic carbocycles. The number of benzene rings is 2. The molecular weight excluding hydrogens is 481 g/mol. The first-order valence-corrected chi connectivity index (χ1v) is 13.9. The van der Waals surface area contributed by atoms with E-state index in [2.05, 4.69) is 4.98 Å². The lowest BCUT2D eigenvalue weighted by atomic mass is 10.1. The van der Waals surface area contributed by atoms with E-state index in [0.29, 0.717) is 31.0 Å². The number of rotatable bonds is 11. The van der Waals surface area contributed by atoms with Crippen LogP contribution in [0.5, 0.6) is 0 Å². The molecule has 192 valence electrons. The Morgan fingerprint density at radius 2 is 1.78 bits per heavy atom. The van der Waals surface area contributed by atoms with E-state index >= 15 is 0 Å². The number of amides is 1. The maximum absolute atomic E-state index is 13.4.